The van der Waals surface area contributed by atoms with Crippen LogP contribution < -0.4 is 5.32 Å². The molecule has 0 bridgehead atoms. The highest BCUT2D eigenvalue weighted by Crippen LogP contribution is 2.52. The van der Waals surface area contributed by atoms with Gasteiger partial charge in [0.1, 0.15) is 5.84 Å². The minimum absolute atomic E-state index is 0.372. The van der Waals surface area contributed by atoms with Gasteiger partial charge in [0.05, 0.1) is 15.9 Å². The van der Waals surface area contributed by atoms with Gasteiger partial charge in [0.15, 0.2) is 6.17 Å². The minimum atomic E-state index is -0.372. The lowest BCUT2D eigenvalue weighted by Crippen LogP contribution is -2.39. The smallest absolute Gasteiger partial charge is 0.211 e. The summed E-state index contributed by atoms with van der Waals surface area (Å²) in [5.74, 6) is 1.59. The van der Waals surface area contributed by atoms with Gasteiger partial charge in [-0.25, -0.2) is 9.98 Å². The standard InChI is InChI=1S/C37H24N4S2/c1-3-11-23(12-4-1)35-38-36(24-13-5-2-6-14-24)40-37(39-35)41-29-22-26-16-8-7-15-25(26)21-28(29)27-19-20-32-34(33(27)41)43-31-18-10-9-17-30(31)42-32/h1-22,35H,(H,38,39,40). The quantitative estimate of drug-likeness (QED) is 0.219. The van der Waals surface area contributed by atoms with Crippen LogP contribution in [0.1, 0.15) is 17.3 Å². The van der Waals surface area contributed by atoms with Gasteiger partial charge in [0.2, 0.25) is 5.96 Å². The third-order valence-corrected chi connectivity index (χ3v) is 10.7. The second-order valence-corrected chi connectivity index (χ2v) is 12.8. The second kappa shape index (κ2) is 9.90. The van der Waals surface area contributed by atoms with Crippen LogP contribution in [0, 0.1) is 0 Å². The van der Waals surface area contributed by atoms with Crippen molar-refractivity contribution in [2.45, 2.75) is 25.7 Å². The number of rotatable bonds is 2. The summed E-state index contributed by atoms with van der Waals surface area (Å²) in [7, 11) is 0. The Morgan fingerprint density at radius 3 is 2.05 bits per heavy atom. The van der Waals surface area contributed by atoms with E-state index in [2.05, 4.69) is 131 Å². The highest BCUT2D eigenvalue weighted by Gasteiger charge is 2.28. The van der Waals surface area contributed by atoms with E-state index in [1.165, 1.54) is 46.6 Å². The minimum Gasteiger partial charge on any atom is -0.310 e. The van der Waals surface area contributed by atoms with E-state index < -0.39 is 0 Å². The zero-order valence-electron chi connectivity index (χ0n) is 22.9. The number of fused-ring (bicyclic) bond motifs is 7. The summed E-state index contributed by atoms with van der Waals surface area (Å²) in [6, 6.07) is 47.2. The van der Waals surface area contributed by atoms with Crippen molar-refractivity contribution >= 4 is 67.9 Å². The van der Waals surface area contributed by atoms with E-state index in [4.69, 9.17) is 9.98 Å². The lowest BCUT2D eigenvalue weighted by Gasteiger charge is -2.25. The van der Waals surface area contributed by atoms with Gasteiger partial charge in [-0.2, -0.15) is 0 Å². The van der Waals surface area contributed by atoms with Gasteiger partial charge in [-0.05, 0) is 46.7 Å². The molecule has 0 saturated heterocycles. The highest BCUT2D eigenvalue weighted by atomic mass is 32.2. The Balaban J connectivity index is 1.35. The van der Waals surface area contributed by atoms with E-state index in [1.807, 2.05) is 35.7 Å². The fourth-order valence-corrected chi connectivity index (χ4v) is 8.44. The van der Waals surface area contributed by atoms with E-state index in [1.54, 1.807) is 0 Å². The summed E-state index contributed by atoms with van der Waals surface area (Å²) in [6.45, 7) is 0. The average Bonchev–Trinajstić information content (AvgIpc) is 3.40. The van der Waals surface area contributed by atoms with Gasteiger partial charge in [0, 0.05) is 31.0 Å². The molecule has 0 amide bonds. The van der Waals surface area contributed by atoms with Crippen LogP contribution in [0.3, 0.4) is 0 Å². The van der Waals surface area contributed by atoms with Gasteiger partial charge in [-0.3, -0.25) is 4.57 Å². The first kappa shape index (κ1) is 24.8. The zero-order chi connectivity index (χ0) is 28.3. The third-order valence-electron chi connectivity index (χ3n) is 8.08. The maximum atomic E-state index is 5.31. The second-order valence-electron chi connectivity index (χ2n) is 10.7. The van der Waals surface area contributed by atoms with Crippen molar-refractivity contribution in [2.75, 3.05) is 0 Å². The van der Waals surface area contributed by atoms with E-state index in [-0.39, 0.29) is 6.17 Å². The van der Waals surface area contributed by atoms with Crippen LogP contribution >= 0.6 is 23.5 Å². The number of benzene rings is 6. The van der Waals surface area contributed by atoms with Crippen LogP contribution in [0.25, 0.3) is 32.6 Å². The van der Waals surface area contributed by atoms with Crippen molar-refractivity contribution in [2.24, 2.45) is 9.98 Å². The van der Waals surface area contributed by atoms with Crippen LogP contribution in [-0.4, -0.2) is 16.4 Å². The summed E-state index contributed by atoms with van der Waals surface area (Å²) < 4.78 is 2.34. The number of nitrogens with zero attached hydrogens (tertiary/aromatic N) is 3. The first-order chi connectivity index (χ1) is 21.3. The lowest BCUT2D eigenvalue weighted by atomic mass is 10.1. The largest absolute Gasteiger partial charge is 0.310 e. The van der Waals surface area contributed by atoms with Gasteiger partial charge < -0.3 is 5.32 Å². The summed E-state index contributed by atoms with van der Waals surface area (Å²) in [5, 5.41) is 8.54. The zero-order valence-corrected chi connectivity index (χ0v) is 24.6. The Bertz CT molecular complexity index is 2270. The molecule has 4 nitrogen and oxygen atoms in total. The number of aromatic nitrogens is 1. The molecule has 1 unspecified atom stereocenters. The van der Waals surface area contributed by atoms with Crippen LogP contribution in [0.5, 0.6) is 0 Å². The molecule has 7 aromatic rings. The molecule has 0 radical (unpaired) electrons. The van der Waals surface area contributed by atoms with Crippen molar-refractivity contribution in [3.8, 4) is 0 Å². The van der Waals surface area contributed by atoms with Gasteiger partial charge in [0.25, 0.3) is 0 Å². The molecule has 6 aromatic carbocycles. The van der Waals surface area contributed by atoms with Crippen molar-refractivity contribution in [3.05, 3.63) is 145 Å². The highest BCUT2D eigenvalue weighted by molar-refractivity contribution is 8.05. The fraction of sp³-hybridized carbons (Fsp3) is 0.0270. The number of hydrogen-bond acceptors (Lipinski definition) is 5. The average molecular weight is 589 g/mol. The molecule has 1 N–H and O–H groups in total. The number of nitrogens with one attached hydrogen (secondary N) is 1. The molecule has 1 atom stereocenters. The molecule has 0 saturated carbocycles. The van der Waals surface area contributed by atoms with Crippen molar-refractivity contribution in [3.63, 3.8) is 0 Å². The van der Waals surface area contributed by atoms with Crippen LogP contribution in [0.4, 0.5) is 0 Å². The maximum absolute atomic E-state index is 5.31. The summed E-state index contributed by atoms with van der Waals surface area (Å²) in [6.07, 6.45) is -0.372. The Kier molecular flexibility index (Phi) is 5.71. The van der Waals surface area contributed by atoms with Crippen LogP contribution in [0.2, 0.25) is 0 Å². The molecule has 0 aliphatic carbocycles. The van der Waals surface area contributed by atoms with E-state index in [0.717, 1.165) is 28.4 Å². The van der Waals surface area contributed by atoms with Gasteiger partial charge in [-0.1, -0.05) is 127 Å². The van der Waals surface area contributed by atoms with E-state index in [0.29, 0.717) is 0 Å². The molecule has 9 rings (SSSR count). The van der Waals surface area contributed by atoms with Crippen LogP contribution in [-0.2, 0) is 0 Å². The van der Waals surface area contributed by atoms with Gasteiger partial charge >= 0.3 is 0 Å². The summed E-state index contributed by atoms with van der Waals surface area (Å²) in [4.78, 5) is 15.5. The third kappa shape index (κ3) is 4.09. The fourth-order valence-electron chi connectivity index (χ4n) is 6.06. The molecule has 6 heteroatoms. The number of aliphatic imine (C=N–C) groups is 2. The number of amidine groups is 1. The molecule has 3 heterocycles. The molecule has 1 aromatic heterocycles. The molecule has 2 aliphatic rings. The monoisotopic (exact) mass is 588 g/mol. The Labute approximate surface area is 257 Å². The van der Waals surface area contributed by atoms with Crippen molar-refractivity contribution in [1.29, 1.82) is 0 Å². The molecule has 2 aliphatic heterocycles. The van der Waals surface area contributed by atoms with Crippen molar-refractivity contribution < 1.29 is 0 Å². The lowest BCUT2D eigenvalue weighted by molar-refractivity contribution is 0.745. The Morgan fingerprint density at radius 1 is 0.581 bits per heavy atom. The normalized spacial score (nSPS) is 16.0. The molecule has 0 spiro atoms. The Hall–Kier alpha value is -4.78. The molecule has 204 valence electrons. The van der Waals surface area contributed by atoms with E-state index >= 15 is 0 Å². The first-order valence-electron chi connectivity index (χ1n) is 14.3. The van der Waals surface area contributed by atoms with Crippen molar-refractivity contribution in [1.82, 2.24) is 9.88 Å². The van der Waals surface area contributed by atoms with Crippen LogP contribution in [0.15, 0.2) is 163 Å². The topological polar surface area (TPSA) is 41.7 Å². The predicted molar refractivity (Wildman–Crippen MR) is 180 cm³/mol. The summed E-state index contributed by atoms with van der Waals surface area (Å²) in [5.41, 5.74) is 4.38. The van der Waals surface area contributed by atoms with E-state index in [9.17, 15) is 0 Å². The summed E-state index contributed by atoms with van der Waals surface area (Å²) >= 11 is 3.69. The first-order valence-corrected chi connectivity index (χ1v) is 15.9. The Morgan fingerprint density at radius 2 is 1.26 bits per heavy atom. The molecule has 0 fully saturated rings. The van der Waals surface area contributed by atoms with Gasteiger partial charge in [-0.15, -0.1) is 0 Å². The molecular formula is C37H24N4S2. The molecule has 43 heavy (non-hydrogen) atoms. The number of hydrogen-bond donors (Lipinski definition) is 1. The maximum Gasteiger partial charge on any atom is 0.211 e. The SMILES string of the molecule is c1ccc(C2=NC(c3ccccc3)N=C(n3c4cc5ccccc5cc4c4ccc5c(c43)Sc3ccccc3S5)N2)cc1. The predicted octanol–water partition coefficient (Wildman–Crippen LogP) is 9.52. The molecular weight excluding hydrogens is 565 g/mol.